The lowest BCUT2D eigenvalue weighted by molar-refractivity contribution is -0.141. The molecule has 0 saturated carbocycles. The number of nitrogens with zero attached hydrogens (tertiary/aromatic N) is 2. The van der Waals surface area contributed by atoms with E-state index in [9.17, 15) is 13.2 Å². The molecule has 0 fully saturated rings. The van der Waals surface area contributed by atoms with Crippen molar-refractivity contribution in [2.24, 2.45) is 0 Å². The molecule has 2 aromatic heterocycles. The zero-order chi connectivity index (χ0) is 11.8. The Morgan fingerprint density at radius 3 is 2.56 bits per heavy atom. The topological polar surface area (TPSA) is 38.9 Å². The number of aryl methyl sites for hydroxylation is 1. The minimum absolute atomic E-state index is 0.0567. The van der Waals surface area contributed by atoms with Crippen molar-refractivity contribution in [2.75, 3.05) is 0 Å². The molecular weight excluding hydrogens is 221 g/mol. The monoisotopic (exact) mass is 228 g/mol. The third kappa shape index (κ3) is 2.05. The summed E-state index contributed by atoms with van der Waals surface area (Å²) < 4.78 is 42.4. The molecule has 2 heterocycles. The quantitative estimate of drug-likeness (QED) is 0.752. The van der Waals surface area contributed by atoms with Crippen LogP contribution in [0.2, 0.25) is 0 Å². The van der Waals surface area contributed by atoms with Gasteiger partial charge >= 0.3 is 6.18 Å². The molecule has 0 aliphatic rings. The standard InChI is InChI=1S/C10H7F3N2O/c1-6-14-7(8-3-2-4-16-8)5-9(15-6)10(11,12)13/h2-5H,1H3. The molecule has 0 aliphatic carbocycles. The lowest BCUT2D eigenvalue weighted by atomic mass is 10.2. The lowest BCUT2D eigenvalue weighted by Gasteiger charge is -2.07. The van der Waals surface area contributed by atoms with Gasteiger partial charge in [-0.25, -0.2) is 9.97 Å². The Balaban J connectivity index is 2.53. The molecule has 0 unspecified atom stereocenters. The number of hydrogen-bond acceptors (Lipinski definition) is 3. The van der Waals surface area contributed by atoms with Crippen molar-refractivity contribution >= 4 is 0 Å². The summed E-state index contributed by atoms with van der Waals surface area (Å²) in [6.45, 7) is 1.40. The molecule has 0 spiro atoms. The van der Waals surface area contributed by atoms with Crippen molar-refractivity contribution in [3.8, 4) is 11.5 Å². The Morgan fingerprint density at radius 1 is 1.25 bits per heavy atom. The van der Waals surface area contributed by atoms with Crippen molar-refractivity contribution in [2.45, 2.75) is 13.1 Å². The molecule has 84 valence electrons. The molecule has 3 nitrogen and oxygen atoms in total. The third-order valence-electron chi connectivity index (χ3n) is 1.90. The van der Waals surface area contributed by atoms with Gasteiger partial charge in [0, 0.05) is 0 Å². The molecule has 0 aromatic carbocycles. The first-order valence-corrected chi connectivity index (χ1v) is 4.43. The zero-order valence-corrected chi connectivity index (χ0v) is 8.25. The number of furan rings is 1. The smallest absolute Gasteiger partial charge is 0.433 e. The van der Waals surface area contributed by atoms with Crippen LogP contribution in [-0.4, -0.2) is 9.97 Å². The first kappa shape index (κ1) is 10.7. The van der Waals surface area contributed by atoms with Crippen LogP contribution in [0.5, 0.6) is 0 Å². The van der Waals surface area contributed by atoms with Crippen LogP contribution < -0.4 is 0 Å². The van der Waals surface area contributed by atoms with Crippen LogP contribution in [0.4, 0.5) is 13.2 Å². The first-order valence-electron chi connectivity index (χ1n) is 4.43. The second kappa shape index (κ2) is 3.62. The van der Waals surface area contributed by atoms with Gasteiger partial charge in [0.05, 0.1) is 6.26 Å². The lowest BCUT2D eigenvalue weighted by Crippen LogP contribution is -2.10. The maximum absolute atomic E-state index is 12.5. The molecule has 2 rings (SSSR count). The summed E-state index contributed by atoms with van der Waals surface area (Å²) in [5, 5.41) is 0. The molecule has 0 radical (unpaired) electrons. The highest BCUT2D eigenvalue weighted by atomic mass is 19.4. The molecule has 16 heavy (non-hydrogen) atoms. The van der Waals surface area contributed by atoms with Gasteiger partial charge in [0.1, 0.15) is 17.2 Å². The third-order valence-corrected chi connectivity index (χ3v) is 1.90. The normalized spacial score (nSPS) is 11.8. The predicted molar refractivity (Wildman–Crippen MR) is 49.5 cm³/mol. The fourth-order valence-corrected chi connectivity index (χ4v) is 1.26. The Labute approximate surface area is 88.9 Å². The van der Waals surface area contributed by atoms with Gasteiger partial charge < -0.3 is 4.42 Å². The maximum Gasteiger partial charge on any atom is 0.433 e. The average molecular weight is 228 g/mol. The Morgan fingerprint density at radius 2 is 2.00 bits per heavy atom. The second-order valence-corrected chi connectivity index (χ2v) is 3.16. The summed E-state index contributed by atoms with van der Waals surface area (Å²) in [4.78, 5) is 7.22. The molecule has 0 bridgehead atoms. The molecule has 0 saturated heterocycles. The highest BCUT2D eigenvalue weighted by molar-refractivity contribution is 5.52. The first-order chi connectivity index (χ1) is 7.47. The number of alkyl halides is 3. The van der Waals surface area contributed by atoms with Gasteiger partial charge in [-0.15, -0.1) is 0 Å². The fourth-order valence-electron chi connectivity index (χ4n) is 1.26. The van der Waals surface area contributed by atoms with E-state index >= 15 is 0 Å². The number of halogens is 3. The van der Waals surface area contributed by atoms with Gasteiger partial charge in [-0.05, 0) is 25.1 Å². The van der Waals surface area contributed by atoms with Gasteiger partial charge in [-0.3, -0.25) is 0 Å². The summed E-state index contributed by atoms with van der Waals surface area (Å²) in [6.07, 6.45) is -3.10. The fraction of sp³-hybridized carbons (Fsp3) is 0.200. The van der Waals surface area contributed by atoms with Gasteiger partial charge in [0.25, 0.3) is 0 Å². The largest absolute Gasteiger partial charge is 0.463 e. The second-order valence-electron chi connectivity index (χ2n) is 3.16. The van der Waals surface area contributed by atoms with Crippen molar-refractivity contribution < 1.29 is 17.6 Å². The van der Waals surface area contributed by atoms with Crippen LogP contribution in [0.3, 0.4) is 0 Å². The van der Waals surface area contributed by atoms with Gasteiger partial charge in [-0.2, -0.15) is 13.2 Å². The van der Waals surface area contributed by atoms with Crippen molar-refractivity contribution in [3.63, 3.8) is 0 Å². The van der Waals surface area contributed by atoms with Crippen LogP contribution >= 0.6 is 0 Å². The van der Waals surface area contributed by atoms with E-state index < -0.39 is 11.9 Å². The minimum Gasteiger partial charge on any atom is -0.463 e. The van der Waals surface area contributed by atoms with E-state index in [-0.39, 0.29) is 17.3 Å². The van der Waals surface area contributed by atoms with E-state index in [1.165, 1.54) is 13.2 Å². The Bertz CT molecular complexity index is 491. The Kier molecular flexibility index (Phi) is 2.41. The Hall–Kier alpha value is -1.85. The SMILES string of the molecule is Cc1nc(-c2ccco2)cc(C(F)(F)F)n1. The van der Waals surface area contributed by atoms with Crippen LogP contribution in [0, 0.1) is 6.92 Å². The number of aromatic nitrogens is 2. The van der Waals surface area contributed by atoms with E-state index in [1.807, 2.05) is 0 Å². The van der Waals surface area contributed by atoms with Crippen LogP contribution in [0.15, 0.2) is 28.9 Å². The van der Waals surface area contributed by atoms with Crippen molar-refractivity contribution in [3.05, 3.63) is 36.0 Å². The van der Waals surface area contributed by atoms with Gasteiger partial charge in [0.2, 0.25) is 0 Å². The molecule has 2 aromatic rings. The van der Waals surface area contributed by atoms with E-state index in [0.29, 0.717) is 0 Å². The van der Waals surface area contributed by atoms with E-state index in [4.69, 9.17) is 4.42 Å². The van der Waals surface area contributed by atoms with E-state index in [1.54, 1.807) is 12.1 Å². The van der Waals surface area contributed by atoms with E-state index in [0.717, 1.165) is 6.07 Å². The minimum atomic E-state index is -4.48. The molecule has 0 atom stereocenters. The number of rotatable bonds is 1. The summed E-state index contributed by atoms with van der Waals surface area (Å²) in [5.41, 5.74) is -0.837. The maximum atomic E-state index is 12.5. The average Bonchev–Trinajstić information content (AvgIpc) is 2.68. The highest BCUT2D eigenvalue weighted by Crippen LogP contribution is 2.30. The van der Waals surface area contributed by atoms with E-state index in [2.05, 4.69) is 9.97 Å². The summed E-state index contributed by atoms with van der Waals surface area (Å²) in [7, 11) is 0. The molecule has 0 N–H and O–H groups in total. The van der Waals surface area contributed by atoms with Crippen LogP contribution in [0.25, 0.3) is 11.5 Å². The molecule has 0 amide bonds. The number of hydrogen-bond donors (Lipinski definition) is 0. The predicted octanol–water partition coefficient (Wildman–Crippen LogP) is 3.06. The summed E-state index contributed by atoms with van der Waals surface area (Å²) in [5.74, 6) is 0.345. The van der Waals surface area contributed by atoms with Gasteiger partial charge in [0.15, 0.2) is 5.76 Å². The van der Waals surface area contributed by atoms with Crippen molar-refractivity contribution in [1.29, 1.82) is 0 Å². The molecular formula is C10H7F3N2O. The van der Waals surface area contributed by atoms with Crippen LogP contribution in [0.1, 0.15) is 11.5 Å². The summed E-state index contributed by atoms with van der Waals surface area (Å²) in [6, 6.07) is 3.99. The molecule has 6 heteroatoms. The van der Waals surface area contributed by atoms with Crippen molar-refractivity contribution in [1.82, 2.24) is 9.97 Å². The van der Waals surface area contributed by atoms with Gasteiger partial charge in [-0.1, -0.05) is 0 Å². The van der Waals surface area contributed by atoms with Crippen LogP contribution in [-0.2, 0) is 6.18 Å². The highest BCUT2D eigenvalue weighted by Gasteiger charge is 2.33. The molecule has 0 aliphatic heterocycles. The zero-order valence-electron chi connectivity index (χ0n) is 8.25. The summed E-state index contributed by atoms with van der Waals surface area (Å²) >= 11 is 0.